The zero-order valence-electron chi connectivity index (χ0n) is 14.4. The minimum Gasteiger partial charge on any atom is -0.370 e. The molecule has 0 radical (unpaired) electrons. The maximum absolute atomic E-state index is 12.5. The van der Waals surface area contributed by atoms with Crippen LogP contribution in [0.1, 0.15) is 41.3 Å². The summed E-state index contributed by atoms with van der Waals surface area (Å²) in [5.74, 6) is 1.52. The molecule has 0 bridgehead atoms. The first-order valence-electron chi connectivity index (χ1n) is 7.84. The van der Waals surface area contributed by atoms with E-state index in [9.17, 15) is 4.79 Å². The minimum atomic E-state index is -0.225. The van der Waals surface area contributed by atoms with Crippen molar-refractivity contribution in [2.75, 3.05) is 17.2 Å². The van der Waals surface area contributed by atoms with E-state index < -0.39 is 0 Å². The Morgan fingerprint density at radius 2 is 1.91 bits per heavy atom. The third kappa shape index (κ3) is 4.52. The quantitative estimate of drug-likeness (QED) is 0.883. The van der Waals surface area contributed by atoms with Crippen LogP contribution in [0.5, 0.6) is 0 Å². The molecule has 0 fully saturated rings. The average molecular weight is 312 g/mol. The molecule has 0 saturated carbocycles. The molecule has 122 valence electrons. The minimum absolute atomic E-state index is 0.225. The highest BCUT2D eigenvalue weighted by Crippen LogP contribution is 2.19. The second kappa shape index (κ2) is 7.22. The number of benzene rings is 1. The van der Waals surface area contributed by atoms with E-state index in [0.29, 0.717) is 23.3 Å². The smallest absolute Gasteiger partial charge is 0.274 e. The number of hydrogen-bond donors (Lipinski definition) is 2. The first-order chi connectivity index (χ1) is 10.9. The molecule has 2 aromatic rings. The van der Waals surface area contributed by atoms with Crippen LogP contribution in [0.2, 0.25) is 0 Å². The maximum atomic E-state index is 12.5. The summed E-state index contributed by atoms with van der Waals surface area (Å²) in [5.41, 5.74) is 3.37. The Balaban J connectivity index is 2.20. The molecule has 1 amide bonds. The highest BCUT2D eigenvalue weighted by Gasteiger charge is 2.12. The van der Waals surface area contributed by atoms with Crippen LogP contribution in [0.4, 0.5) is 11.5 Å². The van der Waals surface area contributed by atoms with Gasteiger partial charge < -0.3 is 10.6 Å². The molecule has 0 atom stereocenters. The van der Waals surface area contributed by atoms with Crippen LogP contribution in [0, 0.1) is 26.7 Å². The van der Waals surface area contributed by atoms with E-state index in [2.05, 4.69) is 34.4 Å². The van der Waals surface area contributed by atoms with Crippen LogP contribution in [0.3, 0.4) is 0 Å². The largest absolute Gasteiger partial charge is 0.370 e. The summed E-state index contributed by atoms with van der Waals surface area (Å²) in [6, 6.07) is 7.54. The van der Waals surface area contributed by atoms with Gasteiger partial charge in [-0.2, -0.15) is 0 Å². The molecular weight excluding hydrogens is 288 g/mol. The van der Waals surface area contributed by atoms with E-state index in [1.807, 2.05) is 32.0 Å². The summed E-state index contributed by atoms with van der Waals surface area (Å²) >= 11 is 0. The number of aryl methyl sites for hydroxylation is 2. The monoisotopic (exact) mass is 312 g/mol. The molecule has 0 unspecified atom stereocenters. The van der Waals surface area contributed by atoms with Crippen LogP contribution in [0.25, 0.3) is 0 Å². The van der Waals surface area contributed by atoms with Crippen molar-refractivity contribution in [1.82, 2.24) is 9.97 Å². The van der Waals surface area contributed by atoms with Crippen molar-refractivity contribution < 1.29 is 4.79 Å². The number of rotatable bonds is 5. The molecule has 0 spiro atoms. The standard InChI is InChI=1S/C18H24N4O/c1-11(2)10-19-17-9-16(20-14(5)21-17)18(23)22-15-8-6-7-12(3)13(15)4/h6-9,11H,10H2,1-5H3,(H,22,23)(H,19,20,21). The molecule has 23 heavy (non-hydrogen) atoms. The molecule has 0 saturated heterocycles. The molecule has 0 aliphatic rings. The van der Waals surface area contributed by atoms with Crippen molar-refractivity contribution in [2.45, 2.75) is 34.6 Å². The lowest BCUT2D eigenvalue weighted by Gasteiger charge is -2.12. The van der Waals surface area contributed by atoms with E-state index in [4.69, 9.17) is 0 Å². The van der Waals surface area contributed by atoms with E-state index >= 15 is 0 Å². The Bertz CT molecular complexity index is 710. The Morgan fingerprint density at radius 1 is 1.17 bits per heavy atom. The maximum Gasteiger partial charge on any atom is 0.274 e. The van der Waals surface area contributed by atoms with Crippen LogP contribution < -0.4 is 10.6 Å². The molecule has 1 aromatic heterocycles. The van der Waals surface area contributed by atoms with Gasteiger partial charge in [0.2, 0.25) is 0 Å². The van der Waals surface area contributed by atoms with Gasteiger partial charge in [0.25, 0.3) is 5.91 Å². The summed E-state index contributed by atoms with van der Waals surface area (Å²) in [6.45, 7) is 10.8. The molecule has 2 rings (SSSR count). The van der Waals surface area contributed by atoms with Gasteiger partial charge in [0.15, 0.2) is 0 Å². The zero-order chi connectivity index (χ0) is 17.0. The van der Waals surface area contributed by atoms with Crippen LogP contribution in [-0.2, 0) is 0 Å². The molecule has 0 aliphatic heterocycles. The lowest BCUT2D eigenvalue weighted by molar-refractivity contribution is 0.102. The second-order valence-electron chi connectivity index (χ2n) is 6.16. The number of carbonyl (C=O) groups is 1. The van der Waals surface area contributed by atoms with Crippen molar-refractivity contribution in [1.29, 1.82) is 0 Å². The van der Waals surface area contributed by atoms with Gasteiger partial charge >= 0.3 is 0 Å². The third-order valence-electron chi connectivity index (χ3n) is 3.61. The van der Waals surface area contributed by atoms with Crippen molar-refractivity contribution in [3.05, 3.63) is 46.9 Å². The Hall–Kier alpha value is -2.43. The number of nitrogens with one attached hydrogen (secondary N) is 2. The average Bonchev–Trinajstić information content (AvgIpc) is 2.49. The molecule has 1 aromatic carbocycles. The van der Waals surface area contributed by atoms with Crippen LogP contribution >= 0.6 is 0 Å². The molecular formula is C18H24N4O. The van der Waals surface area contributed by atoms with Gasteiger partial charge in [-0.15, -0.1) is 0 Å². The molecule has 5 nitrogen and oxygen atoms in total. The number of aromatic nitrogens is 2. The molecule has 5 heteroatoms. The first-order valence-corrected chi connectivity index (χ1v) is 7.84. The third-order valence-corrected chi connectivity index (χ3v) is 3.61. The fraction of sp³-hybridized carbons (Fsp3) is 0.389. The van der Waals surface area contributed by atoms with Crippen molar-refractivity contribution in [3.63, 3.8) is 0 Å². The number of hydrogen-bond acceptors (Lipinski definition) is 4. The number of amides is 1. The Morgan fingerprint density at radius 3 is 2.61 bits per heavy atom. The number of anilines is 2. The van der Waals surface area contributed by atoms with Crippen LogP contribution in [-0.4, -0.2) is 22.4 Å². The summed E-state index contributed by atoms with van der Waals surface area (Å²) < 4.78 is 0. The SMILES string of the molecule is Cc1nc(NCC(C)C)cc(C(=O)Nc2cccc(C)c2C)n1. The van der Waals surface area contributed by atoms with E-state index in [1.165, 1.54) is 0 Å². The summed E-state index contributed by atoms with van der Waals surface area (Å²) in [7, 11) is 0. The van der Waals surface area contributed by atoms with Gasteiger partial charge in [-0.05, 0) is 43.9 Å². The van der Waals surface area contributed by atoms with Gasteiger partial charge in [0.05, 0.1) is 0 Å². The van der Waals surface area contributed by atoms with E-state index in [-0.39, 0.29) is 5.91 Å². The van der Waals surface area contributed by atoms with E-state index in [1.54, 1.807) is 13.0 Å². The lowest BCUT2D eigenvalue weighted by atomic mass is 10.1. The summed E-state index contributed by atoms with van der Waals surface area (Å²) in [6.07, 6.45) is 0. The van der Waals surface area contributed by atoms with E-state index in [0.717, 1.165) is 23.4 Å². The first kappa shape index (κ1) is 16.9. The number of nitrogens with zero attached hydrogens (tertiary/aromatic N) is 2. The zero-order valence-corrected chi connectivity index (χ0v) is 14.4. The summed E-state index contributed by atoms with van der Waals surface area (Å²) in [4.78, 5) is 21.1. The van der Waals surface area contributed by atoms with Crippen molar-refractivity contribution in [2.24, 2.45) is 5.92 Å². The van der Waals surface area contributed by atoms with Crippen LogP contribution in [0.15, 0.2) is 24.3 Å². The second-order valence-corrected chi connectivity index (χ2v) is 6.16. The molecule has 2 N–H and O–H groups in total. The lowest BCUT2D eigenvalue weighted by Crippen LogP contribution is -2.17. The number of carbonyl (C=O) groups excluding carboxylic acids is 1. The highest BCUT2D eigenvalue weighted by atomic mass is 16.1. The molecule has 1 heterocycles. The van der Waals surface area contributed by atoms with Gasteiger partial charge in [0, 0.05) is 18.3 Å². The fourth-order valence-electron chi connectivity index (χ4n) is 2.16. The van der Waals surface area contributed by atoms with Gasteiger partial charge in [-0.3, -0.25) is 4.79 Å². The topological polar surface area (TPSA) is 66.9 Å². The highest BCUT2D eigenvalue weighted by molar-refractivity contribution is 6.03. The summed E-state index contributed by atoms with van der Waals surface area (Å²) in [5, 5.41) is 6.16. The normalized spacial score (nSPS) is 10.7. The predicted octanol–water partition coefficient (Wildman–Crippen LogP) is 3.72. The Kier molecular flexibility index (Phi) is 5.32. The van der Waals surface area contributed by atoms with Crippen molar-refractivity contribution in [3.8, 4) is 0 Å². The Labute approximate surface area is 137 Å². The van der Waals surface area contributed by atoms with Crippen molar-refractivity contribution >= 4 is 17.4 Å². The fourth-order valence-corrected chi connectivity index (χ4v) is 2.16. The molecule has 0 aliphatic carbocycles. The van der Waals surface area contributed by atoms with Gasteiger partial charge in [-0.1, -0.05) is 26.0 Å². The predicted molar refractivity (Wildman–Crippen MR) is 94.0 cm³/mol. The van der Waals surface area contributed by atoms with Gasteiger partial charge in [-0.25, -0.2) is 9.97 Å². The van der Waals surface area contributed by atoms with Gasteiger partial charge in [0.1, 0.15) is 17.3 Å².